The quantitative estimate of drug-likeness (QED) is 0.188. The third-order valence-electron chi connectivity index (χ3n) is 7.20. The molecule has 1 saturated heterocycles. The molecule has 2 heterocycles. The predicted molar refractivity (Wildman–Crippen MR) is 146 cm³/mol. The lowest BCUT2D eigenvalue weighted by Crippen LogP contribution is -2.31. The number of nitrogens with one attached hydrogen (secondary N) is 1. The van der Waals surface area contributed by atoms with Gasteiger partial charge in [-0.15, -0.1) is 0 Å². The maximum absolute atomic E-state index is 13.4. The van der Waals surface area contributed by atoms with Gasteiger partial charge in [-0.05, 0) is 72.0 Å². The number of aryl methyl sites for hydroxylation is 1. The van der Waals surface area contributed by atoms with Gasteiger partial charge in [0, 0.05) is 29.2 Å². The number of likely N-dealkylation sites (tertiary alicyclic amines) is 1. The number of H-pyrrole nitrogens is 1. The third-order valence-corrected chi connectivity index (χ3v) is 7.20. The zero-order valence-electron chi connectivity index (χ0n) is 21.7. The molecule has 1 aliphatic rings. The Morgan fingerprint density at radius 3 is 2.29 bits per heavy atom. The second-order valence-corrected chi connectivity index (χ2v) is 9.29. The highest BCUT2D eigenvalue weighted by Gasteiger charge is 2.45. The van der Waals surface area contributed by atoms with Crippen molar-refractivity contribution < 1.29 is 24.2 Å². The molecule has 194 valence electrons. The van der Waals surface area contributed by atoms with Gasteiger partial charge in [-0.1, -0.05) is 31.2 Å². The number of ketones is 1. The van der Waals surface area contributed by atoms with Gasteiger partial charge >= 0.3 is 0 Å². The molecule has 1 aromatic heterocycles. The molecule has 1 unspecified atom stereocenters. The molecule has 2 N–H and O–H groups in total. The summed E-state index contributed by atoms with van der Waals surface area (Å²) in [5.41, 5.74) is 4.43. The van der Waals surface area contributed by atoms with Crippen molar-refractivity contribution in [3.63, 3.8) is 0 Å². The number of methoxy groups -OCH3 is 2. The SMILES string of the molecule is CCc1ccc(C2/C(=C(/O)c3ccc(OC)cc3)C(=O)C(=O)N2CCc2c[nH]c3ccc(OC)cc23)cc1. The molecule has 0 saturated carbocycles. The standard InChI is InChI=1S/C31H30N2O5/c1-4-19-5-7-20(8-6-19)28-27(29(34)21-9-11-23(37-2)12-10-21)30(35)31(36)33(28)16-15-22-18-32-26-14-13-24(38-3)17-25(22)26/h5-14,17-18,28,32,34H,4,15-16H2,1-3H3/b29-27-. The van der Waals surface area contributed by atoms with Crippen molar-refractivity contribution in [2.45, 2.75) is 25.8 Å². The molecule has 0 bridgehead atoms. The van der Waals surface area contributed by atoms with Gasteiger partial charge in [-0.25, -0.2) is 0 Å². The minimum Gasteiger partial charge on any atom is -0.507 e. The Hall–Kier alpha value is -4.52. The van der Waals surface area contributed by atoms with Gasteiger partial charge in [0.1, 0.15) is 17.3 Å². The van der Waals surface area contributed by atoms with Crippen LogP contribution in [0.5, 0.6) is 11.5 Å². The number of hydrogen-bond donors (Lipinski definition) is 2. The average Bonchev–Trinajstić information content (AvgIpc) is 3.48. The van der Waals surface area contributed by atoms with Crippen LogP contribution in [0.25, 0.3) is 16.7 Å². The second kappa shape index (κ2) is 10.5. The first-order valence-corrected chi connectivity index (χ1v) is 12.6. The molecule has 3 aromatic carbocycles. The zero-order valence-corrected chi connectivity index (χ0v) is 21.7. The van der Waals surface area contributed by atoms with Crippen LogP contribution in [0.15, 0.2) is 78.5 Å². The number of aliphatic hydroxyl groups is 1. The maximum Gasteiger partial charge on any atom is 0.295 e. The van der Waals surface area contributed by atoms with Gasteiger partial charge in [0.05, 0.1) is 25.8 Å². The maximum atomic E-state index is 13.4. The van der Waals surface area contributed by atoms with Crippen molar-refractivity contribution in [2.24, 2.45) is 0 Å². The van der Waals surface area contributed by atoms with Crippen LogP contribution < -0.4 is 9.47 Å². The summed E-state index contributed by atoms with van der Waals surface area (Å²) in [5.74, 6) is -0.140. The van der Waals surface area contributed by atoms with E-state index in [9.17, 15) is 14.7 Å². The number of hydrogen-bond acceptors (Lipinski definition) is 5. The van der Waals surface area contributed by atoms with Crippen molar-refractivity contribution in [3.05, 3.63) is 101 Å². The van der Waals surface area contributed by atoms with Crippen LogP contribution in [-0.2, 0) is 22.4 Å². The fraction of sp³-hybridized carbons (Fsp3) is 0.226. The number of ether oxygens (including phenoxy) is 2. The molecule has 0 aliphatic carbocycles. The van der Waals surface area contributed by atoms with E-state index in [0.29, 0.717) is 24.3 Å². The smallest absolute Gasteiger partial charge is 0.295 e. The molecule has 1 aliphatic heterocycles. The summed E-state index contributed by atoms with van der Waals surface area (Å²) >= 11 is 0. The second-order valence-electron chi connectivity index (χ2n) is 9.29. The van der Waals surface area contributed by atoms with Crippen molar-refractivity contribution in [1.29, 1.82) is 0 Å². The Labute approximate surface area is 221 Å². The van der Waals surface area contributed by atoms with Gasteiger partial charge < -0.3 is 24.5 Å². The van der Waals surface area contributed by atoms with Crippen LogP contribution in [0.4, 0.5) is 0 Å². The van der Waals surface area contributed by atoms with E-state index in [1.54, 1.807) is 43.4 Å². The van der Waals surface area contributed by atoms with Gasteiger partial charge in [-0.2, -0.15) is 0 Å². The van der Waals surface area contributed by atoms with Crippen LogP contribution >= 0.6 is 0 Å². The molecular formula is C31H30N2O5. The number of rotatable bonds is 8. The summed E-state index contributed by atoms with van der Waals surface area (Å²) in [6.07, 6.45) is 3.31. The minimum atomic E-state index is -0.706. The highest BCUT2D eigenvalue weighted by Crippen LogP contribution is 2.40. The number of carbonyl (C=O) groups excluding carboxylic acids is 2. The first-order chi connectivity index (χ1) is 18.4. The van der Waals surface area contributed by atoms with Crippen molar-refractivity contribution in [2.75, 3.05) is 20.8 Å². The number of aliphatic hydroxyl groups excluding tert-OH is 1. The fourth-order valence-electron chi connectivity index (χ4n) is 5.03. The van der Waals surface area contributed by atoms with E-state index in [1.807, 2.05) is 48.7 Å². The lowest BCUT2D eigenvalue weighted by atomic mass is 9.94. The lowest BCUT2D eigenvalue weighted by molar-refractivity contribution is -0.139. The van der Waals surface area contributed by atoms with E-state index >= 15 is 0 Å². The van der Waals surface area contributed by atoms with Crippen LogP contribution in [-0.4, -0.2) is 47.4 Å². The van der Waals surface area contributed by atoms with Crippen LogP contribution in [0.1, 0.15) is 35.2 Å². The Morgan fingerprint density at radius 1 is 0.947 bits per heavy atom. The Balaban J connectivity index is 1.54. The molecule has 4 aromatic rings. The van der Waals surface area contributed by atoms with Crippen LogP contribution in [0, 0.1) is 0 Å². The molecule has 0 spiro atoms. The summed E-state index contributed by atoms with van der Waals surface area (Å²) in [6.45, 7) is 2.37. The Morgan fingerprint density at radius 2 is 1.63 bits per heavy atom. The number of benzene rings is 3. The molecule has 0 radical (unpaired) electrons. The molecule has 7 nitrogen and oxygen atoms in total. The monoisotopic (exact) mass is 510 g/mol. The molecule has 1 atom stereocenters. The topological polar surface area (TPSA) is 91.9 Å². The third kappa shape index (κ3) is 4.52. The summed E-state index contributed by atoms with van der Waals surface area (Å²) < 4.78 is 10.6. The lowest BCUT2D eigenvalue weighted by Gasteiger charge is -2.25. The van der Waals surface area contributed by atoms with E-state index in [2.05, 4.69) is 11.9 Å². The van der Waals surface area contributed by atoms with E-state index in [1.165, 1.54) is 0 Å². The Bertz CT molecular complexity index is 1520. The van der Waals surface area contributed by atoms with Gasteiger partial charge in [0.25, 0.3) is 11.7 Å². The van der Waals surface area contributed by atoms with Crippen molar-refractivity contribution in [3.8, 4) is 11.5 Å². The van der Waals surface area contributed by atoms with E-state index in [0.717, 1.165) is 39.8 Å². The number of nitrogens with zero attached hydrogens (tertiary/aromatic N) is 1. The number of fused-ring (bicyclic) bond motifs is 1. The van der Waals surface area contributed by atoms with Gasteiger partial charge in [-0.3, -0.25) is 9.59 Å². The highest BCUT2D eigenvalue weighted by atomic mass is 16.5. The minimum absolute atomic E-state index is 0.0880. The van der Waals surface area contributed by atoms with Crippen molar-refractivity contribution in [1.82, 2.24) is 9.88 Å². The normalized spacial score (nSPS) is 16.8. The number of aromatic amines is 1. The molecular weight excluding hydrogens is 480 g/mol. The number of carbonyl (C=O) groups is 2. The van der Waals surface area contributed by atoms with E-state index in [-0.39, 0.29) is 11.3 Å². The molecule has 5 rings (SSSR count). The summed E-state index contributed by atoms with van der Waals surface area (Å²) in [7, 11) is 3.18. The van der Waals surface area contributed by atoms with Crippen LogP contribution in [0.3, 0.4) is 0 Å². The summed E-state index contributed by atoms with van der Waals surface area (Å²) in [4.78, 5) is 31.6. The molecule has 7 heteroatoms. The first kappa shape index (κ1) is 25.1. The average molecular weight is 511 g/mol. The predicted octanol–water partition coefficient (Wildman–Crippen LogP) is 5.41. The first-order valence-electron chi connectivity index (χ1n) is 12.6. The van der Waals surface area contributed by atoms with E-state index < -0.39 is 17.7 Å². The molecule has 1 fully saturated rings. The summed E-state index contributed by atoms with van der Waals surface area (Å²) in [5, 5.41) is 12.3. The largest absolute Gasteiger partial charge is 0.507 e. The number of amides is 1. The Kier molecular flexibility index (Phi) is 6.92. The molecule has 1 amide bonds. The van der Waals surface area contributed by atoms with Crippen LogP contribution in [0.2, 0.25) is 0 Å². The number of aromatic nitrogens is 1. The zero-order chi connectivity index (χ0) is 26.8. The van der Waals surface area contributed by atoms with E-state index in [4.69, 9.17) is 9.47 Å². The summed E-state index contributed by atoms with van der Waals surface area (Å²) in [6, 6.07) is 19.7. The fourth-order valence-corrected chi connectivity index (χ4v) is 5.03. The number of Topliss-reactive ketones (excluding diaryl/α,β-unsaturated/α-hetero) is 1. The molecule has 38 heavy (non-hydrogen) atoms. The van der Waals surface area contributed by atoms with Crippen molar-refractivity contribution >= 4 is 28.4 Å². The highest BCUT2D eigenvalue weighted by molar-refractivity contribution is 6.46. The van der Waals surface area contributed by atoms with Gasteiger partial charge in [0.2, 0.25) is 0 Å². The van der Waals surface area contributed by atoms with Gasteiger partial charge in [0.15, 0.2) is 0 Å².